The van der Waals surface area contributed by atoms with E-state index in [-0.39, 0.29) is 5.82 Å². The van der Waals surface area contributed by atoms with Crippen LogP contribution in [0.2, 0.25) is 0 Å². The molecule has 0 aromatic heterocycles. The van der Waals surface area contributed by atoms with Gasteiger partial charge in [-0.15, -0.1) is 0 Å². The highest BCUT2D eigenvalue weighted by Crippen LogP contribution is 2.28. The molecule has 1 aromatic rings. The minimum absolute atomic E-state index is 0.309. The van der Waals surface area contributed by atoms with Crippen molar-refractivity contribution in [1.29, 1.82) is 0 Å². The summed E-state index contributed by atoms with van der Waals surface area (Å²) in [5.41, 5.74) is 0.419. The number of benzene rings is 1. The van der Waals surface area contributed by atoms with Gasteiger partial charge in [0.05, 0.1) is 6.10 Å². The number of likely N-dealkylation sites (tertiary alicyclic amines) is 1. The van der Waals surface area contributed by atoms with Gasteiger partial charge in [0.2, 0.25) is 0 Å². The molecule has 3 heteroatoms. The molecule has 1 heterocycles. The Labute approximate surface area is 115 Å². The Bertz CT molecular complexity index is 409. The number of halogens is 1. The molecule has 1 aliphatic heterocycles. The minimum atomic E-state index is -0.702. The predicted octanol–water partition coefficient (Wildman–Crippen LogP) is 3.51. The van der Waals surface area contributed by atoms with Crippen molar-refractivity contribution in [1.82, 2.24) is 4.90 Å². The Morgan fingerprint density at radius 1 is 1.37 bits per heavy atom. The molecule has 0 spiro atoms. The lowest BCUT2D eigenvalue weighted by molar-refractivity contribution is 0.120. The van der Waals surface area contributed by atoms with Crippen LogP contribution < -0.4 is 0 Å². The number of aliphatic hydroxyl groups is 1. The highest BCUT2D eigenvalue weighted by Gasteiger charge is 2.29. The Balaban J connectivity index is 1.93. The van der Waals surface area contributed by atoms with Crippen LogP contribution in [0.3, 0.4) is 0 Å². The van der Waals surface area contributed by atoms with E-state index in [1.54, 1.807) is 18.2 Å². The van der Waals surface area contributed by atoms with E-state index in [1.165, 1.54) is 18.9 Å². The predicted molar refractivity (Wildman–Crippen MR) is 75.5 cm³/mol. The van der Waals surface area contributed by atoms with Gasteiger partial charge < -0.3 is 5.11 Å². The van der Waals surface area contributed by atoms with Crippen molar-refractivity contribution in [3.63, 3.8) is 0 Å². The van der Waals surface area contributed by atoms with E-state index in [9.17, 15) is 9.50 Å². The Morgan fingerprint density at radius 2 is 2.11 bits per heavy atom. The molecule has 2 rings (SSSR count). The standard InChI is InChI=1S/C16H24FNO/c1-3-13-9-8-12(2)18(13)11-10-16(19)14-6-4-5-7-15(14)17/h4-7,12-13,16,19H,3,8-11H2,1-2H3. The molecule has 0 saturated carbocycles. The lowest BCUT2D eigenvalue weighted by atomic mass is 10.1. The van der Waals surface area contributed by atoms with Gasteiger partial charge in [-0.05, 0) is 38.7 Å². The summed E-state index contributed by atoms with van der Waals surface area (Å²) in [6.07, 6.45) is 3.52. The van der Waals surface area contributed by atoms with Gasteiger partial charge in [0.25, 0.3) is 0 Å². The highest BCUT2D eigenvalue weighted by atomic mass is 19.1. The van der Waals surface area contributed by atoms with Crippen molar-refractivity contribution in [2.24, 2.45) is 0 Å². The summed E-state index contributed by atoms with van der Waals surface area (Å²) in [5.74, 6) is -0.309. The molecular formula is C16H24FNO. The van der Waals surface area contributed by atoms with Crippen molar-refractivity contribution < 1.29 is 9.50 Å². The van der Waals surface area contributed by atoms with E-state index in [0.29, 0.717) is 24.1 Å². The normalized spacial score (nSPS) is 25.7. The molecule has 1 saturated heterocycles. The summed E-state index contributed by atoms with van der Waals surface area (Å²) in [5, 5.41) is 10.1. The lowest BCUT2D eigenvalue weighted by Crippen LogP contribution is -2.35. The van der Waals surface area contributed by atoms with E-state index >= 15 is 0 Å². The molecule has 1 N–H and O–H groups in total. The second kappa shape index (κ2) is 6.49. The maximum atomic E-state index is 13.6. The van der Waals surface area contributed by atoms with Gasteiger partial charge in [-0.1, -0.05) is 25.1 Å². The SMILES string of the molecule is CCC1CCC(C)N1CCC(O)c1ccccc1F. The molecule has 3 atom stereocenters. The number of rotatable bonds is 5. The summed E-state index contributed by atoms with van der Waals surface area (Å²) >= 11 is 0. The minimum Gasteiger partial charge on any atom is -0.388 e. The molecule has 0 aliphatic carbocycles. The van der Waals surface area contributed by atoms with Crippen LogP contribution in [0.4, 0.5) is 4.39 Å². The van der Waals surface area contributed by atoms with Gasteiger partial charge >= 0.3 is 0 Å². The van der Waals surface area contributed by atoms with E-state index in [1.807, 2.05) is 0 Å². The number of hydrogen-bond donors (Lipinski definition) is 1. The smallest absolute Gasteiger partial charge is 0.128 e. The molecule has 1 fully saturated rings. The number of hydrogen-bond acceptors (Lipinski definition) is 2. The van der Waals surface area contributed by atoms with Gasteiger partial charge in [0.1, 0.15) is 5.82 Å². The molecule has 1 aromatic carbocycles. The van der Waals surface area contributed by atoms with E-state index < -0.39 is 6.10 Å². The van der Waals surface area contributed by atoms with Crippen LogP contribution in [0.25, 0.3) is 0 Å². The van der Waals surface area contributed by atoms with Crippen LogP contribution >= 0.6 is 0 Å². The van der Waals surface area contributed by atoms with Crippen molar-refractivity contribution in [2.75, 3.05) is 6.54 Å². The fourth-order valence-electron chi connectivity index (χ4n) is 3.14. The van der Waals surface area contributed by atoms with Crippen molar-refractivity contribution >= 4 is 0 Å². The molecule has 2 nitrogen and oxygen atoms in total. The number of nitrogens with zero attached hydrogens (tertiary/aromatic N) is 1. The maximum Gasteiger partial charge on any atom is 0.128 e. The molecule has 19 heavy (non-hydrogen) atoms. The van der Waals surface area contributed by atoms with Crippen molar-refractivity contribution in [2.45, 2.75) is 57.7 Å². The fourth-order valence-corrected chi connectivity index (χ4v) is 3.14. The number of aliphatic hydroxyl groups excluding tert-OH is 1. The third-order valence-corrected chi connectivity index (χ3v) is 4.35. The van der Waals surface area contributed by atoms with E-state index in [2.05, 4.69) is 18.7 Å². The van der Waals surface area contributed by atoms with Gasteiger partial charge in [-0.25, -0.2) is 4.39 Å². The molecule has 0 bridgehead atoms. The zero-order valence-corrected chi connectivity index (χ0v) is 11.8. The summed E-state index contributed by atoms with van der Waals surface area (Å²) in [6, 6.07) is 7.72. The summed E-state index contributed by atoms with van der Waals surface area (Å²) in [4.78, 5) is 2.46. The Morgan fingerprint density at radius 3 is 2.79 bits per heavy atom. The monoisotopic (exact) mass is 265 g/mol. The van der Waals surface area contributed by atoms with Crippen LogP contribution in [-0.4, -0.2) is 28.6 Å². The Hall–Kier alpha value is -0.930. The second-order valence-corrected chi connectivity index (χ2v) is 5.55. The molecular weight excluding hydrogens is 241 g/mol. The van der Waals surface area contributed by atoms with Crippen LogP contribution in [0.1, 0.15) is 51.2 Å². The van der Waals surface area contributed by atoms with Gasteiger partial charge in [0, 0.05) is 24.2 Å². The third kappa shape index (κ3) is 3.34. The maximum absolute atomic E-state index is 13.6. The molecule has 0 radical (unpaired) electrons. The largest absolute Gasteiger partial charge is 0.388 e. The fraction of sp³-hybridized carbons (Fsp3) is 0.625. The molecule has 3 unspecified atom stereocenters. The first-order chi connectivity index (χ1) is 9.13. The summed E-state index contributed by atoms with van der Waals surface area (Å²) < 4.78 is 13.6. The van der Waals surface area contributed by atoms with E-state index in [0.717, 1.165) is 13.0 Å². The first-order valence-corrected chi connectivity index (χ1v) is 7.31. The van der Waals surface area contributed by atoms with Gasteiger partial charge in [-0.2, -0.15) is 0 Å². The molecule has 0 amide bonds. The van der Waals surface area contributed by atoms with Gasteiger partial charge in [-0.3, -0.25) is 4.90 Å². The molecule has 1 aliphatic rings. The zero-order chi connectivity index (χ0) is 13.8. The Kier molecular flexibility index (Phi) is 4.94. The third-order valence-electron chi connectivity index (χ3n) is 4.35. The highest BCUT2D eigenvalue weighted by molar-refractivity contribution is 5.19. The first kappa shape index (κ1) is 14.5. The van der Waals surface area contributed by atoms with Crippen LogP contribution in [0, 0.1) is 5.82 Å². The average molecular weight is 265 g/mol. The van der Waals surface area contributed by atoms with Gasteiger partial charge in [0.15, 0.2) is 0 Å². The van der Waals surface area contributed by atoms with E-state index in [4.69, 9.17) is 0 Å². The lowest BCUT2D eigenvalue weighted by Gasteiger charge is -2.28. The molecule has 106 valence electrons. The average Bonchev–Trinajstić information content (AvgIpc) is 2.77. The van der Waals surface area contributed by atoms with Crippen molar-refractivity contribution in [3.05, 3.63) is 35.6 Å². The van der Waals surface area contributed by atoms with Crippen molar-refractivity contribution in [3.8, 4) is 0 Å². The van der Waals surface area contributed by atoms with Crippen LogP contribution in [0.15, 0.2) is 24.3 Å². The second-order valence-electron chi connectivity index (χ2n) is 5.55. The summed E-state index contributed by atoms with van der Waals surface area (Å²) in [7, 11) is 0. The van der Waals surface area contributed by atoms with Crippen LogP contribution in [0.5, 0.6) is 0 Å². The summed E-state index contributed by atoms with van der Waals surface area (Å²) in [6.45, 7) is 5.29. The zero-order valence-electron chi connectivity index (χ0n) is 11.8. The quantitative estimate of drug-likeness (QED) is 0.880. The van der Waals surface area contributed by atoms with Crippen LogP contribution in [-0.2, 0) is 0 Å². The topological polar surface area (TPSA) is 23.5 Å². The first-order valence-electron chi connectivity index (χ1n) is 7.31.